The highest BCUT2D eigenvalue weighted by Gasteiger charge is 2.33. The number of nitrogens with one attached hydrogen (secondary N) is 2. The van der Waals surface area contributed by atoms with Gasteiger partial charge in [-0.3, -0.25) is 14.4 Å². The van der Waals surface area contributed by atoms with Gasteiger partial charge >= 0.3 is 0 Å². The Labute approximate surface area is 210 Å². The molecule has 1 fully saturated rings. The van der Waals surface area contributed by atoms with Crippen molar-refractivity contribution in [2.75, 3.05) is 32.5 Å². The van der Waals surface area contributed by atoms with Gasteiger partial charge in [0.05, 0.1) is 0 Å². The lowest BCUT2D eigenvalue weighted by Crippen LogP contribution is -2.25. The molecule has 2 aromatic carbocycles. The van der Waals surface area contributed by atoms with Crippen LogP contribution < -0.4 is 10.6 Å². The fraction of sp³-hybridized carbons (Fsp3) is 0.385. The van der Waals surface area contributed by atoms with Gasteiger partial charge in [-0.15, -0.1) is 0 Å². The maximum Gasteiger partial charge on any atom is 0.262 e. The second-order valence-electron chi connectivity index (χ2n) is 9.10. The molecule has 1 saturated heterocycles. The third kappa shape index (κ3) is 6.93. The molecule has 0 unspecified atom stereocenters. The van der Waals surface area contributed by atoms with Crippen molar-refractivity contribution in [1.29, 1.82) is 0 Å². The molecule has 8 nitrogen and oxygen atoms in total. The molecule has 1 atom stereocenters. The summed E-state index contributed by atoms with van der Waals surface area (Å²) in [5.41, 5.74) is 3.34. The summed E-state index contributed by atoms with van der Waals surface area (Å²) in [7, 11) is 4.06. The lowest BCUT2D eigenvalue weighted by molar-refractivity contribution is -0.121. The molecule has 0 saturated carbocycles. The highest BCUT2D eigenvalue weighted by molar-refractivity contribution is 8.15. The van der Waals surface area contributed by atoms with Crippen LogP contribution in [0.5, 0.6) is 0 Å². The van der Waals surface area contributed by atoms with Crippen molar-refractivity contribution in [3.05, 3.63) is 65.2 Å². The van der Waals surface area contributed by atoms with Crippen molar-refractivity contribution in [2.24, 2.45) is 4.99 Å². The predicted molar refractivity (Wildman–Crippen MR) is 139 cm³/mol. The molecule has 0 aliphatic carbocycles. The third-order valence-corrected chi connectivity index (χ3v) is 7.10. The molecule has 3 amide bonds. The van der Waals surface area contributed by atoms with Crippen LogP contribution in [0.1, 0.15) is 40.7 Å². The van der Waals surface area contributed by atoms with E-state index in [4.69, 9.17) is 0 Å². The lowest BCUT2D eigenvalue weighted by atomic mass is 10.1. The van der Waals surface area contributed by atoms with Crippen LogP contribution in [-0.4, -0.2) is 65.1 Å². The zero-order valence-electron chi connectivity index (χ0n) is 20.1. The summed E-state index contributed by atoms with van der Waals surface area (Å²) in [6, 6.07) is 14.9. The van der Waals surface area contributed by atoms with E-state index in [-0.39, 0.29) is 24.1 Å². The third-order valence-electron chi connectivity index (χ3n) is 5.88. The Kier molecular flexibility index (Phi) is 8.20. The molecule has 0 spiro atoms. The number of amidine groups is 1. The summed E-state index contributed by atoms with van der Waals surface area (Å²) in [5.74, 6) is -0.671. The second-order valence-corrected chi connectivity index (χ2v) is 10.3. The minimum atomic E-state index is -0.479. The van der Waals surface area contributed by atoms with Gasteiger partial charge in [-0.1, -0.05) is 36.0 Å². The Morgan fingerprint density at radius 3 is 2.34 bits per heavy atom. The van der Waals surface area contributed by atoms with Crippen LogP contribution in [0.15, 0.2) is 53.5 Å². The monoisotopic (exact) mass is 493 g/mol. The summed E-state index contributed by atoms with van der Waals surface area (Å²) in [6.07, 6.45) is 2.29. The zero-order valence-corrected chi connectivity index (χ0v) is 20.9. The fourth-order valence-electron chi connectivity index (χ4n) is 4.05. The predicted octanol–water partition coefficient (Wildman–Crippen LogP) is 3.10. The SMILES string of the molecule is CN(C)Cc1ccc(CNC(=O)c2ccc(NC(=O)C[C@@H]3SC(N4CCCC4)=NC3=O)cc2)cc1. The molecule has 184 valence electrons. The van der Waals surface area contributed by atoms with Crippen LogP contribution in [0.25, 0.3) is 0 Å². The van der Waals surface area contributed by atoms with Crippen molar-refractivity contribution < 1.29 is 14.4 Å². The summed E-state index contributed by atoms with van der Waals surface area (Å²) >= 11 is 1.38. The zero-order chi connectivity index (χ0) is 24.8. The topological polar surface area (TPSA) is 94.1 Å². The van der Waals surface area contributed by atoms with Crippen LogP contribution in [0.2, 0.25) is 0 Å². The number of amides is 3. The van der Waals surface area contributed by atoms with E-state index in [9.17, 15) is 14.4 Å². The quantitative estimate of drug-likeness (QED) is 0.587. The number of carbonyl (C=O) groups excluding carboxylic acids is 3. The maximum atomic E-state index is 12.5. The van der Waals surface area contributed by atoms with Gasteiger partial charge < -0.3 is 20.4 Å². The molecular weight excluding hydrogens is 462 g/mol. The Morgan fingerprint density at radius 1 is 1.03 bits per heavy atom. The van der Waals surface area contributed by atoms with Gasteiger partial charge in [0, 0.05) is 43.9 Å². The Hall–Kier alpha value is -3.17. The number of benzene rings is 2. The maximum absolute atomic E-state index is 12.5. The van der Waals surface area contributed by atoms with Crippen LogP contribution >= 0.6 is 11.8 Å². The molecule has 9 heteroatoms. The number of carbonyl (C=O) groups is 3. The van der Waals surface area contributed by atoms with E-state index in [1.807, 2.05) is 26.2 Å². The first kappa shape index (κ1) is 24.9. The molecule has 0 radical (unpaired) electrons. The van der Waals surface area contributed by atoms with E-state index in [1.54, 1.807) is 24.3 Å². The molecule has 2 aliphatic rings. The van der Waals surface area contributed by atoms with E-state index in [1.165, 1.54) is 17.3 Å². The van der Waals surface area contributed by atoms with Gasteiger partial charge in [0.2, 0.25) is 5.91 Å². The first-order chi connectivity index (χ1) is 16.9. The standard InChI is InChI=1S/C26H31N5O3S/c1-30(2)17-19-7-5-18(6-8-19)16-27-24(33)20-9-11-21(12-10-20)28-23(32)15-22-25(34)29-26(35-22)31-13-3-4-14-31/h5-12,22H,3-4,13-17H2,1-2H3,(H,27,33)(H,28,32)/t22-/m0/s1. The van der Waals surface area contributed by atoms with Gasteiger partial charge in [0.15, 0.2) is 5.17 Å². The molecule has 35 heavy (non-hydrogen) atoms. The van der Waals surface area contributed by atoms with Gasteiger partial charge in [-0.2, -0.15) is 4.99 Å². The molecule has 0 aromatic heterocycles. The number of thioether (sulfide) groups is 1. The second kappa shape index (κ2) is 11.5. The van der Waals surface area contributed by atoms with Crippen LogP contribution in [0, 0.1) is 0 Å². The Bertz CT molecular complexity index is 1090. The number of hydrogen-bond donors (Lipinski definition) is 2. The van der Waals surface area contributed by atoms with E-state index in [0.717, 1.165) is 43.2 Å². The van der Waals surface area contributed by atoms with Crippen molar-refractivity contribution in [3.8, 4) is 0 Å². The molecular formula is C26H31N5O3S. The summed E-state index contributed by atoms with van der Waals surface area (Å²) < 4.78 is 0. The first-order valence-electron chi connectivity index (χ1n) is 11.8. The number of nitrogens with zero attached hydrogens (tertiary/aromatic N) is 3. The molecule has 0 bridgehead atoms. The minimum absolute atomic E-state index is 0.0694. The van der Waals surface area contributed by atoms with Gasteiger partial charge in [-0.05, 0) is 62.3 Å². The number of aliphatic imine (C=N–C) groups is 1. The molecule has 2 aromatic rings. The van der Waals surface area contributed by atoms with Gasteiger partial charge in [-0.25, -0.2) is 0 Å². The smallest absolute Gasteiger partial charge is 0.262 e. The van der Waals surface area contributed by atoms with Crippen LogP contribution in [-0.2, 0) is 22.7 Å². The Balaban J connectivity index is 1.23. The summed E-state index contributed by atoms with van der Waals surface area (Å²) in [6.45, 7) is 3.15. The molecule has 4 rings (SSSR count). The number of hydrogen-bond acceptors (Lipinski definition) is 6. The first-order valence-corrected chi connectivity index (χ1v) is 12.7. The minimum Gasteiger partial charge on any atom is -0.351 e. The van der Waals surface area contributed by atoms with Crippen LogP contribution in [0.4, 0.5) is 5.69 Å². The molecule has 2 heterocycles. The highest BCUT2D eigenvalue weighted by atomic mass is 32.2. The molecule has 2 aliphatic heterocycles. The average molecular weight is 494 g/mol. The van der Waals surface area contributed by atoms with E-state index >= 15 is 0 Å². The summed E-state index contributed by atoms with van der Waals surface area (Å²) in [5, 5.41) is 6.00. The van der Waals surface area contributed by atoms with Crippen molar-refractivity contribution in [3.63, 3.8) is 0 Å². The van der Waals surface area contributed by atoms with E-state index < -0.39 is 5.25 Å². The fourth-order valence-corrected chi connectivity index (χ4v) is 5.17. The van der Waals surface area contributed by atoms with Crippen LogP contribution in [0.3, 0.4) is 0 Å². The van der Waals surface area contributed by atoms with Crippen molar-refractivity contribution in [1.82, 2.24) is 15.1 Å². The van der Waals surface area contributed by atoms with Gasteiger partial charge in [0.25, 0.3) is 11.8 Å². The number of anilines is 1. The van der Waals surface area contributed by atoms with Crippen molar-refractivity contribution in [2.45, 2.75) is 37.6 Å². The Morgan fingerprint density at radius 2 is 1.69 bits per heavy atom. The normalized spacial score (nSPS) is 17.6. The van der Waals surface area contributed by atoms with E-state index in [2.05, 4.69) is 37.6 Å². The summed E-state index contributed by atoms with van der Waals surface area (Å²) in [4.78, 5) is 45.6. The largest absolute Gasteiger partial charge is 0.351 e. The van der Waals surface area contributed by atoms with Gasteiger partial charge in [0.1, 0.15) is 5.25 Å². The lowest BCUT2D eigenvalue weighted by Gasteiger charge is -2.16. The highest BCUT2D eigenvalue weighted by Crippen LogP contribution is 2.29. The van der Waals surface area contributed by atoms with E-state index in [0.29, 0.717) is 17.8 Å². The average Bonchev–Trinajstić information content (AvgIpc) is 3.49. The number of likely N-dealkylation sites (tertiary alicyclic amines) is 1. The number of rotatable bonds is 8. The van der Waals surface area contributed by atoms with Crippen molar-refractivity contribution >= 4 is 40.3 Å². The molecule has 2 N–H and O–H groups in total.